The summed E-state index contributed by atoms with van der Waals surface area (Å²) in [5, 5.41) is 8.18. The van der Waals surface area contributed by atoms with Gasteiger partial charge >= 0.3 is 0 Å². The van der Waals surface area contributed by atoms with Gasteiger partial charge in [0.15, 0.2) is 0 Å². The molecule has 0 aromatic heterocycles. The lowest BCUT2D eigenvalue weighted by molar-refractivity contribution is -0.118. The molecule has 0 heterocycles. The number of nitriles is 1. The van der Waals surface area contributed by atoms with Crippen molar-refractivity contribution in [3.05, 3.63) is 12.2 Å². The molecule has 0 aliphatic rings. The maximum atomic E-state index is 11.1. The highest BCUT2D eigenvalue weighted by atomic mass is 16.1. The molecule has 2 nitrogen and oxygen atoms in total. The molecular formula is C11H17NO. The molecule has 0 saturated heterocycles. The minimum absolute atomic E-state index is 0.239. The summed E-state index contributed by atoms with van der Waals surface area (Å²) in [4.78, 5) is 11.1. The van der Waals surface area contributed by atoms with Crippen molar-refractivity contribution in [1.29, 1.82) is 5.26 Å². The van der Waals surface area contributed by atoms with Crippen LogP contribution in [0.2, 0.25) is 0 Å². The fourth-order valence-corrected chi connectivity index (χ4v) is 1.09. The van der Waals surface area contributed by atoms with E-state index in [-0.39, 0.29) is 5.78 Å². The van der Waals surface area contributed by atoms with Gasteiger partial charge in [-0.15, -0.1) is 0 Å². The molecule has 0 aliphatic heterocycles. The molecule has 0 aromatic rings. The van der Waals surface area contributed by atoms with Gasteiger partial charge in [0, 0.05) is 18.9 Å². The van der Waals surface area contributed by atoms with E-state index in [4.69, 9.17) is 5.26 Å². The Labute approximate surface area is 80.3 Å². The maximum Gasteiger partial charge on any atom is 0.136 e. The summed E-state index contributed by atoms with van der Waals surface area (Å²) in [6.45, 7) is 2.15. The first-order chi connectivity index (χ1) is 6.31. The van der Waals surface area contributed by atoms with Gasteiger partial charge in [-0.2, -0.15) is 5.26 Å². The predicted octanol–water partition coefficient (Wildman–Crippen LogP) is 3.00. The molecule has 2 heteroatoms. The molecule has 0 atom stereocenters. The molecule has 0 bridgehead atoms. The van der Waals surface area contributed by atoms with E-state index in [1.54, 1.807) is 6.08 Å². The first-order valence-corrected chi connectivity index (χ1v) is 4.87. The number of carbonyl (C=O) groups excluding carboxylic acids is 1. The molecule has 0 unspecified atom stereocenters. The second-order valence-corrected chi connectivity index (χ2v) is 3.08. The van der Waals surface area contributed by atoms with E-state index in [1.165, 1.54) is 18.9 Å². The van der Waals surface area contributed by atoms with E-state index in [2.05, 4.69) is 6.92 Å². The summed E-state index contributed by atoms with van der Waals surface area (Å²) < 4.78 is 0. The lowest BCUT2D eigenvalue weighted by atomic mass is 10.1. The zero-order valence-electron chi connectivity index (χ0n) is 8.25. The summed E-state index contributed by atoms with van der Waals surface area (Å²) in [5.41, 5.74) is 0. The van der Waals surface area contributed by atoms with Crippen molar-refractivity contribution in [3.8, 4) is 6.07 Å². The van der Waals surface area contributed by atoms with Crippen molar-refractivity contribution in [2.75, 3.05) is 0 Å². The number of unbranched alkanes of at least 4 members (excludes halogenated alkanes) is 3. The van der Waals surface area contributed by atoms with Crippen molar-refractivity contribution in [2.45, 2.75) is 45.4 Å². The number of nitrogens with zero attached hydrogens (tertiary/aromatic N) is 1. The molecule has 72 valence electrons. The minimum Gasteiger partial charge on any atom is -0.299 e. The third-order valence-corrected chi connectivity index (χ3v) is 1.85. The number of ketones is 1. The van der Waals surface area contributed by atoms with E-state index < -0.39 is 0 Å². The summed E-state index contributed by atoms with van der Waals surface area (Å²) in [7, 11) is 0. The summed E-state index contributed by atoms with van der Waals surface area (Å²) >= 11 is 0. The standard InChI is InChI=1S/C11H17NO/c1-2-3-4-5-8-11(13)9-6-7-10-12/h6-7H,2-5,8-9H2,1H3. The monoisotopic (exact) mass is 179 g/mol. The molecule has 0 fully saturated rings. The van der Waals surface area contributed by atoms with Gasteiger partial charge in [-0.3, -0.25) is 4.79 Å². The SMILES string of the molecule is CCCCCCC(=O)CC=CC#N. The summed E-state index contributed by atoms with van der Waals surface area (Å²) in [6, 6.07) is 1.87. The lowest BCUT2D eigenvalue weighted by Crippen LogP contribution is -1.94. The first kappa shape index (κ1) is 11.9. The topological polar surface area (TPSA) is 40.9 Å². The molecular weight excluding hydrogens is 162 g/mol. The molecule has 0 aliphatic carbocycles. The van der Waals surface area contributed by atoms with Crippen LogP contribution in [0.4, 0.5) is 0 Å². The Morgan fingerprint density at radius 1 is 1.38 bits per heavy atom. The number of rotatable bonds is 7. The highest BCUT2D eigenvalue weighted by Gasteiger charge is 1.97. The van der Waals surface area contributed by atoms with Crippen LogP contribution in [0.3, 0.4) is 0 Å². The number of Topliss-reactive ketones (excluding diaryl/α,β-unsaturated/α-hetero) is 1. The van der Waals surface area contributed by atoms with Gasteiger partial charge in [0.05, 0.1) is 6.07 Å². The average molecular weight is 179 g/mol. The lowest BCUT2D eigenvalue weighted by Gasteiger charge is -1.96. The fourth-order valence-electron chi connectivity index (χ4n) is 1.09. The molecule has 0 amide bonds. The molecule has 0 saturated carbocycles. The minimum atomic E-state index is 0.239. The van der Waals surface area contributed by atoms with Gasteiger partial charge in [-0.1, -0.05) is 32.3 Å². The van der Waals surface area contributed by atoms with Crippen LogP contribution in [0.25, 0.3) is 0 Å². The van der Waals surface area contributed by atoms with Crippen LogP contribution in [0.15, 0.2) is 12.2 Å². The molecule has 0 radical (unpaired) electrons. The van der Waals surface area contributed by atoms with Crippen LogP contribution in [0, 0.1) is 11.3 Å². The highest BCUT2D eigenvalue weighted by Crippen LogP contribution is 2.04. The second kappa shape index (κ2) is 8.99. The number of allylic oxidation sites excluding steroid dienone is 2. The van der Waals surface area contributed by atoms with Crippen LogP contribution in [-0.4, -0.2) is 5.78 Å². The van der Waals surface area contributed by atoms with Gasteiger partial charge in [0.1, 0.15) is 5.78 Å². The third kappa shape index (κ3) is 8.81. The molecule has 13 heavy (non-hydrogen) atoms. The zero-order valence-corrected chi connectivity index (χ0v) is 8.25. The van der Waals surface area contributed by atoms with Crippen LogP contribution < -0.4 is 0 Å². The van der Waals surface area contributed by atoms with Crippen molar-refractivity contribution in [1.82, 2.24) is 0 Å². The molecule has 0 N–H and O–H groups in total. The Balaban J connectivity index is 3.31. The maximum absolute atomic E-state index is 11.1. The fraction of sp³-hybridized carbons (Fsp3) is 0.636. The Kier molecular flexibility index (Phi) is 8.23. The number of carbonyl (C=O) groups is 1. The van der Waals surface area contributed by atoms with Crippen LogP contribution in [0.1, 0.15) is 45.4 Å². The van der Waals surface area contributed by atoms with Crippen LogP contribution in [-0.2, 0) is 4.79 Å². The Bertz CT molecular complexity index is 201. The third-order valence-electron chi connectivity index (χ3n) is 1.85. The van der Waals surface area contributed by atoms with Crippen molar-refractivity contribution >= 4 is 5.78 Å². The van der Waals surface area contributed by atoms with Crippen molar-refractivity contribution in [2.24, 2.45) is 0 Å². The number of hydrogen-bond acceptors (Lipinski definition) is 2. The Morgan fingerprint density at radius 2 is 2.15 bits per heavy atom. The van der Waals surface area contributed by atoms with Gasteiger partial charge in [-0.05, 0) is 6.42 Å². The van der Waals surface area contributed by atoms with Gasteiger partial charge in [0.25, 0.3) is 0 Å². The predicted molar refractivity (Wildman–Crippen MR) is 53.1 cm³/mol. The van der Waals surface area contributed by atoms with Crippen LogP contribution in [0.5, 0.6) is 0 Å². The van der Waals surface area contributed by atoms with Crippen molar-refractivity contribution in [3.63, 3.8) is 0 Å². The quantitative estimate of drug-likeness (QED) is 0.445. The van der Waals surface area contributed by atoms with E-state index in [1.807, 2.05) is 6.07 Å². The normalized spacial score (nSPS) is 10.2. The highest BCUT2D eigenvalue weighted by molar-refractivity contribution is 5.79. The van der Waals surface area contributed by atoms with Crippen molar-refractivity contribution < 1.29 is 4.79 Å². The number of hydrogen-bond donors (Lipinski definition) is 0. The zero-order chi connectivity index (χ0) is 9.94. The summed E-state index contributed by atoms with van der Waals surface area (Å²) in [5.74, 6) is 0.239. The van der Waals surface area contributed by atoms with Crippen LogP contribution >= 0.6 is 0 Å². The summed E-state index contributed by atoms with van der Waals surface area (Å²) in [6.07, 6.45) is 8.61. The first-order valence-electron chi connectivity index (χ1n) is 4.87. The van der Waals surface area contributed by atoms with Gasteiger partial charge < -0.3 is 0 Å². The van der Waals surface area contributed by atoms with Gasteiger partial charge in [-0.25, -0.2) is 0 Å². The van der Waals surface area contributed by atoms with E-state index in [9.17, 15) is 4.79 Å². The van der Waals surface area contributed by atoms with Gasteiger partial charge in [0.2, 0.25) is 0 Å². The van der Waals surface area contributed by atoms with E-state index >= 15 is 0 Å². The van der Waals surface area contributed by atoms with E-state index in [0.29, 0.717) is 12.8 Å². The molecule has 0 rings (SSSR count). The second-order valence-electron chi connectivity index (χ2n) is 3.08. The Hall–Kier alpha value is -1.10. The smallest absolute Gasteiger partial charge is 0.136 e. The molecule has 0 aromatic carbocycles. The Morgan fingerprint density at radius 3 is 2.77 bits per heavy atom. The largest absolute Gasteiger partial charge is 0.299 e. The molecule has 0 spiro atoms. The van der Waals surface area contributed by atoms with E-state index in [0.717, 1.165) is 12.8 Å². The average Bonchev–Trinajstić information content (AvgIpc) is 2.13.